The molecule has 0 unspecified atom stereocenters. The minimum atomic E-state index is -3.90. The fraction of sp³-hybridized carbons (Fsp3) is 0.222. The maximum atomic E-state index is 11.2. The van der Waals surface area contributed by atoms with Crippen LogP contribution < -0.4 is 16.2 Å². The summed E-state index contributed by atoms with van der Waals surface area (Å²) in [5, 5.41) is 7.45. The van der Waals surface area contributed by atoms with Crippen LogP contribution in [0.1, 0.15) is 13.3 Å². The van der Waals surface area contributed by atoms with Gasteiger partial charge in [0.05, 0.1) is 5.69 Å². The van der Waals surface area contributed by atoms with Crippen molar-refractivity contribution in [3.63, 3.8) is 0 Å². The normalized spacial score (nSPS) is 11.1. The Bertz CT molecular complexity index is 511. The molecule has 0 heterocycles. The van der Waals surface area contributed by atoms with Crippen LogP contribution in [-0.2, 0) is 14.8 Å². The number of anilines is 2. The molecule has 88 valence electrons. The van der Waals surface area contributed by atoms with Crippen molar-refractivity contribution < 1.29 is 13.2 Å². The number of sulfonamides is 1. The lowest BCUT2D eigenvalue weighted by atomic mass is 10.3. The van der Waals surface area contributed by atoms with Crippen molar-refractivity contribution in [2.24, 2.45) is 5.14 Å². The number of hydrogen-bond acceptors (Lipinski definition) is 4. The topological polar surface area (TPSA) is 115 Å². The summed E-state index contributed by atoms with van der Waals surface area (Å²) in [4.78, 5) is 11.0. The molecule has 0 aliphatic heterocycles. The number of benzene rings is 1. The molecule has 1 aromatic carbocycles. The summed E-state index contributed by atoms with van der Waals surface area (Å²) in [5.41, 5.74) is 5.86. The van der Waals surface area contributed by atoms with E-state index in [2.05, 4.69) is 5.32 Å². The van der Waals surface area contributed by atoms with E-state index in [1.807, 2.05) is 0 Å². The number of primary sulfonamides is 1. The van der Waals surface area contributed by atoms with Crippen molar-refractivity contribution in [1.82, 2.24) is 0 Å². The molecule has 0 aliphatic rings. The minimum absolute atomic E-state index is 0.142. The van der Waals surface area contributed by atoms with Crippen LogP contribution in [0.5, 0.6) is 0 Å². The zero-order valence-electron chi connectivity index (χ0n) is 8.73. The quantitative estimate of drug-likeness (QED) is 0.660. The second kappa shape index (κ2) is 4.50. The van der Waals surface area contributed by atoms with Gasteiger partial charge in [-0.05, 0) is 18.2 Å². The van der Waals surface area contributed by atoms with Gasteiger partial charge in [0.15, 0.2) is 0 Å². The third-order valence-electron chi connectivity index (χ3n) is 1.91. The Kier molecular flexibility index (Phi) is 3.51. The highest BCUT2D eigenvalue weighted by Gasteiger charge is 2.15. The van der Waals surface area contributed by atoms with Crippen LogP contribution in [0.4, 0.5) is 11.4 Å². The Morgan fingerprint density at radius 2 is 2.06 bits per heavy atom. The first-order valence-electron chi connectivity index (χ1n) is 4.56. The molecule has 0 spiro atoms. The summed E-state index contributed by atoms with van der Waals surface area (Å²) in [6.07, 6.45) is 0.244. The third-order valence-corrected chi connectivity index (χ3v) is 2.86. The SMILES string of the molecule is CCC(=O)Nc1ccc(N)cc1S(N)(=O)=O. The summed E-state index contributed by atoms with van der Waals surface area (Å²) in [6.45, 7) is 1.66. The van der Waals surface area contributed by atoms with Crippen LogP contribution in [0.3, 0.4) is 0 Å². The zero-order valence-corrected chi connectivity index (χ0v) is 9.54. The Morgan fingerprint density at radius 3 is 2.56 bits per heavy atom. The first-order chi connectivity index (χ1) is 7.34. The van der Waals surface area contributed by atoms with Crippen LogP contribution in [0.2, 0.25) is 0 Å². The fourth-order valence-electron chi connectivity index (χ4n) is 1.12. The summed E-state index contributed by atoms with van der Waals surface area (Å²) >= 11 is 0. The van der Waals surface area contributed by atoms with Gasteiger partial charge in [0, 0.05) is 12.1 Å². The molecule has 0 saturated carbocycles. The molecule has 0 fully saturated rings. The van der Waals surface area contributed by atoms with Gasteiger partial charge >= 0.3 is 0 Å². The number of rotatable bonds is 3. The molecule has 1 amide bonds. The largest absolute Gasteiger partial charge is 0.399 e. The van der Waals surface area contributed by atoms with E-state index in [4.69, 9.17) is 10.9 Å². The third kappa shape index (κ3) is 2.94. The van der Waals surface area contributed by atoms with Crippen LogP contribution in [-0.4, -0.2) is 14.3 Å². The predicted octanol–water partition coefficient (Wildman–Crippen LogP) is 0.265. The van der Waals surface area contributed by atoms with E-state index in [-0.39, 0.29) is 28.6 Å². The number of nitrogen functional groups attached to an aromatic ring is 1. The molecule has 1 rings (SSSR count). The highest BCUT2D eigenvalue weighted by atomic mass is 32.2. The maximum absolute atomic E-state index is 11.2. The van der Waals surface area contributed by atoms with Crippen LogP contribution in [0.25, 0.3) is 0 Å². The Morgan fingerprint density at radius 1 is 1.44 bits per heavy atom. The summed E-state index contributed by atoms with van der Waals surface area (Å²) in [7, 11) is -3.90. The molecule has 0 atom stereocenters. The van der Waals surface area contributed by atoms with E-state index >= 15 is 0 Å². The first kappa shape index (κ1) is 12.5. The molecule has 7 heteroatoms. The predicted molar refractivity (Wildman–Crippen MR) is 61.1 cm³/mol. The summed E-state index contributed by atoms with van der Waals surface area (Å²) in [6, 6.07) is 4.10. The lowest BCUT2D eigenvalue weighted by Gasteiger charge is -2.09. The standard InChI is InChI=1S/C9H13N3O3S/c1-2-9(13)12-7-4-3-6(10)5-8(7)16(11,14)15/h3-5H,2,10H2,1H3,(H,12,13)(H2,11,14,15). The van der Waals surface area contributed by atoms with Gasteiger partial charge in [-0.2, -0.15) is 0 Å². The monoisotopic (exact) mass is 243 g/mol. The molecule has 1 aromatic rings. The highest BCUT2D eigenvalue weighted by molar-refractivity contribution is 7.89. The molecule has 16 heavy (non-hydrogen) atoms. The van der Waals surface area contributed by atoms with Crippen molar-refractivity contribution in [1.29, 1.82) is 0 Å². The molecular formula is C9H13N3O3S. The van der Waals surface area contributed by atoms with Gasteiger partial charge in [0.1, 0.15) is 4.90 Å². The molecule has 0 radical (unpaired) electrons. The maximum Gasteiger partial charge on any atom is 0.240 e. The highest BCUT2D eigenvalue weighted by Crippen LogP contribution is 2.22. The number of amides is 1. The Balaban J connectivity index is 3.24. The second-order valence-electron chi connectivity index (χ2n) is 3.20. The Hall–Kier alpha value is -1.60. The van der Waals surface area contributed by atoms with Crippen LogP contribution >= 0.6 is 0 Å². The number of nitrogens with one attached hydrogen (secondary N) is 1. The number of hydrogen-bond donors (Lipinski definition) is 3. The van der Waals surface area contributed by atoms with Gasteiger partial charge in [0.2, 0.25) is 15.9 Å². The van der Waals surface area contributed by atoms with E-state index in [9.17, 15) is 13.2 Å². The second-order valence-corrected chi connectivity index (χ2v) is 4.73. The van der Waals surface area contributed by atoms with Gasteiger partial charge in [-0.25, -0.2) is 13.6 Å². The average molecular weight is 243 g/mol. The smallest absolute Gasteiger partial charge is 0.240 e. The molecule has 0 aromatic heterocycles. The van der Waals surface area contributed by atoms with E-state index < -0.39 is 10.0 Å². The van der Waals surface area contributed by atoms with Crippen LogP contribution in [0.15, 0.2) is 23.1 Å². The van der Waals surface area contributed by atoms with Crippen molar-refractivity contribution in [2.45, 2.75) is 18.2 Å². The van der Waals surface area contributed by atoms with Gasteiger partial charge in [0.25, 0.3) is 0 Å². The summed E-state index contributed by atoms with van der Waals surface area (Å²) in [5.74, 6) is -0.297. The molecule has 6 nitrogen and oxygen atoms in total. The van der Waals surface area contributed by atoms with Gasteiger partial charge in [-0.15, -0.1) is 0 Å². The molecular weight excluding hydrogens is 230 g/mol. The lowest BCUT2D eigenvalue weighted by Crippen LogP contribution is -2.18. The van der Waals surface area contributed by atoms with E-state index in [1.165, 1.54) is 18.2 Å². The minimum Gasteiger partial charge on any atom is -0.399 e. The fourth-order valence-corrected chi connectivity index (χ4v) is 1.84. The van der Waals surface area contributed by atoms with Crippen molar-refractivity contribution in [2.75, 3.05) is 11.1 Å². The summed E-state index contributed by atoms with van der Waals surface area (Å²) < 4.78 is 22.5. The van der Waals surface area contributed by atoms with Crippen LogP contribution in [0, 0.1) is 0 Å². The molecule has 0 saturated heterocycles. The van der Waals surface area contributed by atoms with Gasteiger partial charge in [-0.1, -0.05) is 6.92 Å². The van der Waals surface area contributed by atoms with E-state index in [0.29, 0.717) is 0 Å². The van der Waals surface area contributed by atoms with E-state index in [1.54, 1.807) is 6.92 Å². The first-order valence-corrected chi connectivity index (χ1v) is 6.11. The van der Waals surface area contributed by atoms with Gasteiger partial charge in [-0.3, -0.25) is 4.79 Å². The number of nitrogens with two attached hydrogens (primary N) is 2. The zero-order chi connectivity index (χ0) is 12.3. The Labute approximate surface area is 93.7 Å². The molecule has 5 N–H and O–H groups in total. The van der Waals surface area contributed by atoms with Crippen molar-refractivity contribution in [3.05, 3.63) is 18.2 Å². The van der Waals surface area contributed by atoms with Gasteiger partial charge < -0.3 is 11.1 Å². The average Bonchev–Trinajstić information content (AvgIpc) is 2.19. The lowest BCUT2D eigenvalue weighted by molar-refractivity contribution is -0.115. The molecule has 0 bridgehead atoms. The molecule has 0 aliphatic carbocycles. The van der Waals surface area contributed by atoms with Crippen molar-refractivity contribution in [3.8, 4) is 0 Å². The number of carbonyl (C=O) groups excluding carboxylic acids is 1. The van der Waals surface area contributed by atoms with E-state index in [0.717, 1.165) is 0 Å². The number of carbonyl (C=O) groups is 1. The van der Waals surface area contributed by atoms with Crippen molar-refractivity contribution >= 4 is 27.3 Å².